The van der Waals surface area contributed by atoms with E-state index in [-0.39, 0.29) is 36.3 Å². The number of hydrogen-bond donors (Lipinski definition) is 2. The molecular formula is C12H22ClN3O2. The fraction of sp³-hybridized carbons (Fsp3) is 0.833. The highest BCUT2D eigenvalue weighted by Crippen LogP contribution is 2.23. The molecule has 5 nitrogen and oxygen atoms in total. The zero-order chi connectivity index (χ0) is 12.4. The highest BCUT2D eigenvalue weighted by atomic mass is 35.5. The van der Waals surface area contributed by atoms with Crippen molar-refractivity contribution in [1.29, 1.82) is 0 Å². The van der Waals surface area contributed by atoms with E-state index in [1.54, 1.807) is 0 Å². The lowest BCUT2D eigenvalue weighted by Crippen LogP contribution is -2.54. The van der Waals surface area contributed by atoms with Crippen LogP contribution in [0.1, 0.15) is 32.6 Å². The van der Waals surface area contributed by atoms with E-state index in [0.29, 0.717) is 25.3 Å². The number of carbonyl (C=O) groups excluding carboxylic acids is 2. The largest absolute Gasteiger partial charge is 0.344 e. The zero-order valence-corrected chi connectivity index (χ0v) is 11.5. The maximum absolute atomic E-state index is 12.3. The Hall–Kier alpha value is -0.810. The number of piperidine rings is 1. The van der Waals surface area contributed by atoms with Gasteiger partial charge in [-0.05, 0) is 25.2 Å². The number of amides is 2. The Morgan fingerprint density at radius 2 is 2.22 bits per heavy atom. The zero-order valence-electron chi connectivity index (χ0n) is 10.7. The first-order chi connectivity index (χ1) is 8.11. The summed E-state index contributed by atoms with van der Waals surface area (Å²) in [6.45, 7) is 3.48. The van der Waals surface area contributed by atoms with Gasteiger partial charge in [0.2, 0.25) is 11.8 Å². The van der Waals surface area contributed by atoms with Crippen LogP contribution in [0.3, 0.4) is 0 Å². The van der Waals surface area contributed by atoms with Gasteiger partial charge < -0.3 is 16.0 Å². The van der Waals surface area contributed by atoms with Crippen molar-refractivity contribution < 1.29 is 9.59 Å². The van der Waals surface area contributed by atoms with Gasteiger partial charge in [-0.3, -0.25) is 9.59 Å². The number of halogens is 1. The summed E-state index contributed by atoms with van der Waals surface area (Å²) in [6, 6.07) is -0.172. The van der Waals surface area contributed by atoms with Crippen LogP contribution in [0.4, 0.5) is 0 Å². The number of nitrogens with zero attached hydrogens (tertiary/aromatic N) is 1. The third-order valence-electron chi connectivity index (χ3n) is 3.83. The summed E-state index contributed by atoms with van der Waals surface area (Å²) in [5.41, 5.74) is 5.74. The minimum Gasteiger partial charge on any atom is -0.344 e. The van der Waals surface area contributed by atoms with E-state index < -0.39 is 0 Å². The molecule has 18 heavy (non-hydrogen) atoms. The predicted molar refractivity (Wildman–Crippen MR) is 71.4 cm³/mol. The van der Waals surface area contributed by atoms with E-state index in [1.165, 1.54) is 0 Å². The molecule has 0 spiro atoms. The third kappa shape index (κ3) is 3.14. The molecule has 2 aliphatic heterocycles. The lowest BCUT2D eigenvalue weighted by atomic mass is 9.92. The minimum absolute atomic E-state index is 0. The Kier molecular flexibility index (Phi) is 5.41. The average molecular weight is 276 g/mol. The average Bonchev–Trinajstić information content (AvgIpc) is 2.75. The summed E-state index contributed by atoms with van der Waals surface area (Å²) in [6.07, 6.45) is 3.10. The molecular weight excluding hydrogens is 254 g/mol. The van der Waals surface area contributed by atoms with Gasteiger partial charge in [0, 0.05) is 25.6 Å². The second-order valence-corrected chi connectivity index (χ2v) is 5.21. The van der Waals surface area contributed by atoms with Crippen molar-refractivity contribution in [3.8, 4) is 0 Å². The van der Waals surface area contributed by atoms with Crippen LogP contribution >= 0.6 is 12.4 Å². The van der Waals surface area contributed by atoms with Crippen LogP contribution < -0.4 is 11.1 Å². The van der Waals surface area contributed by atoms with E-state index in [9.17, 15) is 9.59 Å². The number of likely N-dealkylation sites (tertiary alicyclic amines) is 1. The summed E-state index contributed by atoms with van der Waals surface area (Å²) in [4.78, 5) is 25.3. The monoisotopic (exact) mass is 275 g/mol. The van der Waals surface area contributed by atoms with Gasteiger partial charge >= 0.3 is 0 Å². The van der Waals surface area contributed by atoms with Crippen molar-refractivity contribution in [2.24, 2.45) is 11.7 Å². The molecule has 2 aliphatic rings. The normalized spacial score (nSPS) is 31.8. The summed E-state index contributed by atoms with van der Waals surface area (Å²) in [5, 5.41) is 2.74. The molecule has 0 saturated carbocycles. The summed E-state index contributed by atoms with van der Waals surface area (Å²) in [5.74, 6) is 0.669. The summed E-state index contributed by atoms with van der Waals surface area (Å²) in [7, 11) is 0. The van der Waals surface area contributed by atoms with Crippen LogP contribution in [0.2, 0.25) is 0 Å². The molecule has 0 aromatic rings. The van der Waals surface area contributed by atoms with E-state index >= 15 is 0 Å². The van der Waals surface area contributed by atoms with Crippen molar-refractivity contribution in [2.45, 2.75) is 44.7 Å². The Labute approximate surface area is 114 Å². The van der Waals surface area contributed by atoms with Crippen molar-refractivity contribution in [2.75, 3.05) is 13.1 Å². The number of nitrogens with one attached hydrogen (secondary N) is 1. The highest BCUT2D eigenvalue weighted by molar-refractivity contribution is 5.91. The standard InChI is InChI=1S/C12H21N3O2.ClH/c1-8-4-5-15(9(6-8)7-13)12(17)10-2-3-11(16)14-10;/h8-10H,2-7,13H2,1H3,(H,14,16);1H. The van der Waals surface area contributed by atoms with E-state index in [1.807, 2.05) is 4.90 Å². The molecule has 0 aromatic heterocycles. The fourth-order valence-electron chi connectivity index (χ4n) is 2.76. The molecule has 2 amide bonds. The molecule has 3 N–H and O–H groups in total. The maximum Gasteiger partial charge on any atom is 0.245 e. The maximum atomic E-state index is 12.3. The highest BCUT2D eigenvalue weighted by Gasteiger charge is 2.35. The van der Waals surface area contributed by atoms with Gasteiger partial charge in [0.1, 0.15) is 6.04 Å². The molecule has 2 saturated heterocycles. The molecule has 3 atom stereocenters. The lowest BCUT2D eigenvalue weighted by molar-refractivity contribution is -0.138. The topological polar surface area (TPSA) is 75.4 Å². The number of hydrogen-bond acceptors (Lipinski definition) is 3. The van der Waals surface area contributed by atoms with Gasteiger partial charge in [-0.2, -0.15) is 0 Å². The first-order valence-electron chi connectivity index (χ1n) is 6.41. The van der Waals surface area contributed by atoms with Gasteiger partial charge in [0.05, 0.1) is 0 Å². The second-order valence-electron chi connectivity index (χ2n) is 5.21. The van der Waals surface area contributed by atoms with Crippen LogP contribution in [-0.4, -0.2) is 41.9 Å². The predicted octanol–water partition coefficient (Wildman–Crippen LogP) is 0.273. The molecule has 2 heterocycles. The van der Waals surface area contributed by atoms with Crippen molar-refractivity contribution >= 4 is 24.2 Å². The lowest BCUT2D eigenvalue weighted by Gasteiger charge is -2.39. The number of carbonyl (C=O) groups is 2. The molecule has 0 aliphatic carbocycles. The quantitative estimate of drug-likeness (QED) is 0.760. The third-order valence-corrected chi connectivity index (χ3v) is 3.83. The van der Waals surface area contributed by atoms with Crippen LogP contribution in [0.25, 0.3) is 0 Å². The Morgan fingerprint density at radius 3 is 2.78 bits per heavy atom. The molecule has 2 rings (SSSR count). The molecule has 104 valence electrons. The minimum atomic E-state index is -0.315. The van der Waals surface area contributed by atoms with Gasteiger partial charge in [0.15, 0.2) is 0 Å². The van der Waals surface area contributed by atoms with Crippen LogP contribution in [0.5, 0.6) is 0 Å². The smallest absolute Gasteiger partial charge is 0.245 e. The Bertz CT molecular complexity index is 324. The summed E-state index contributed by atoms with van der Waals surface area (Å²) >= 11 is 0. The van der Waals surface area contributed by atoms with Crippen molar-refractivity contribution in [3.63, 3.8) is 0 Å². The molecule has 2 fully saturated rings. The molecule has 0 radical (unpaired) electrons. The number of rotatable bonds is 2. The van der Waals surface area contributed by atoms with Crippen LogP contribution in [-0.2, 0) is 9.59 Å². The van der Waals surface area contributed by atoms with E-state index in [4.69, 9.17) is 5.73 Å². The number of nitrogens with two attached hydrogens (primary N) is 1. The molecule has 0 bridgehead atoms. The van der Waals surface area contributed by atoms with Crippen molar-refractivity contribution in [3.05, 3.63) is 0 Å². The molecule has 3 unspecified atom stereocenters. The summed E-state index contributed by atoms with van der Waals surface area (Å²) < 4.78 is 0. The van der Waals surface area contributed by atoms with Gasteiger partial charge in [-0.25, -0.2) is 0 Å². The molecule has 0 aromatic carbocycles. The first-order valence-corrected chi connectivity index (χ1v) is 6.41. The first kappa shape index (κ1) is 15.2. The van der Waals surface area contributed by atoms with E-state index in [0.717, 1.165) is 19.4 Å². The molecule has 6 heteroatoms. The van der Waals surface area contributed by atoms with Gasteiger partial charge in [-0.1, -0.05) is 6.92 Å². The Morgan fingerprint density at radius 1 is 1.50 bits per heavy atom. The Balaban J connectivity index is 0.00000162. The van der Waals surface area contributed by atoms with Crippen LogP contribution in [0.15, 0.2) is 0 Å². The SMILES string of the molecule is CC1CCN(C(=O)C2CCC(=O)N2)C(CN)C1.Cl. The van der Waals surface area contributed by atoms with Gasteiger partial charge in [-0.15, -0.1) is 12.4 Å². The fourth-order valence-corrected chi connectivity index (χ4v) is 2.76. The van der Waals surface area contributed by atoms with Crippen molar-refractivity contribution in [1.82, 2.24) is 10.2 Å². The second kappa shape index (κ2) is 6.38. The van der Waals surface area contributed by atoms with Crippen LogP contribution in [0, 0.1) is 5.92 Å². The van der Waals surface area contributed by atoms with Gasteiger partial charge in [0.25, 0.3) is 0 Å². The van der Waals surface area contributed by atoms with E-state index in [2.05, 4.69) is 12.2 Å².